The minimum atomic E-state index is -1.30. The van der Waals surface area contributed by atoms with E-state index in [-0.39, 0.29) is 5.56 Å². The van der Waals surface area contributed by atoms with Crippen molar-refractivity contribution >= 4 is 11.8 Å². The van der Waals surface area contributed by atoms with E-state index in [1.165, 1.54) is 0 Å². The molecule has 2 rings (SSSR count). The van der Waals surface area contributed by atoms with E-state index in [4.69, 9.17) is 0 Å². The maximum atomic E-state index is 13.8. The highest BCUT2D eigenvalue weighted by Gasteiger charge is 2.48. The second-order valence-corrected chi connectivity index (χ2v) is 6.28. The molecular weight excluding hydrogens is 242 g/mol. The normalized spacial score (nSPS) is 28.1. The summed E-state index contributed by atoms with van der Waals surface area (Å²) in [5, 5.41) is 10.7. The Morgan fingerprint density at radius 1 is 1.29 bits per heavy atom. The molecule has 1 nitrogen and oxygen atoms in total. The van der Waals surface area contributed by atoms with Gasteiger partial charge in [-0.2, -0.15) is 11.8 Å². The molecule has 1 fully saturated rings. The van der Waals surface area contributed by atoms with Gasteiger partial charge in [-0.3, -0.25) is 0 Å². The lowest BCUT2D eigenvalue weighted by atomic mass is 9.69. The molecule has 0 saturated carbocycles. The molecule has 17 heavy (non-hydrogen) atoms. The number of rotatable bonds is 1. The third-order valence-corrected chi connectivity index (χ3v) is 4.79. The molecule has 1 saturated heterocycles. The van der Waals surface area contributed by atoms with Gasteiger partial charge in [0, 0.05) is 11.3 Å². The van der Waals surface area contributed by atoms with Crippen molar-refractivity contribution in [3.05, 3.63) is 35.4 Å². The summed E-state index contributed by atoms with van der Waals surface area (Å²) >= 11 is 1.57. The van der Waals surface area contributed by atoms with Crippen molar-refractivity contribution in [3.8, 4) is 0 Å². The highest BCUT2D eigenvalue weighted by atomic mass is 32.2. The molecule has 4 heteroatoms. The van der Waals surface area contributed by atoms with Gasteiger partial charge < -0.3 is 5.11 Å². The molecule has 1 N–H and O–H groups in total. The summed E-state index contributed by atoms with van der Waals surface area (Å²) in [5.74, 6) is 0.290. The summed E-state index contributed by atoms with van der Waals surface area (Å²) in [6, 6.07) is 3.27. The summed E-state index contributed by atoms with van der Waals surface area (Å²) in [6.07, 6.45) is 0.782. The maximum absolute atomic E-state index is 13.8. The quantitative estimate of drug-likeness (QED) is 0.834. The average Bonchev–Trinajstić information content (AvgIpc) is 2.26. The molecule has 1 aromatic carbocycles. The molecular formula is C13H16F2OS. The van der Waals surface area contributed by atoms with E-state index in [0.717, 1.165) is 30.4 Å². The molecule has 1 unspecified atom stereocenters. The fourth-order valence-electron chi connectivity index (χ4n) is 2.21. The minimum Gasteiger partial charge on any atom is -0.384 e. The largest absolute Gasteiger partial charge is 0.384 e. The van der Waals surface area contributed by atoms with Gasteiger partial charge in [-0.05, 0) is 35.8 Å². The Hall–Kier alpha value is -0.610. The number of aliphatic hydroxyl groups is 1. The lowest BCUT2D eigenvalue weighted by Gasteiger charge is -2.46. The summed E-state index contributed by atoms with van der Waals surface area (Å²) in [7, 11) is 0. The lowest BCUT2D eigenvalue weighted by Crippen LogP contribution is -2.47. The minimum absolute atomic E-state index is 0.0784. The Morgan fingerprint density at radius 3 is 2.65 bits per heavy atom. The van der Waals surface area contributed by atoms with E-state index in [1.807, 2.05) is 13.8 Å². The van der Waals surface area contributed by atoms with Gasteiger partial charge in [-0.15, -0.1) is 0 Å². The van der Waals surface area contributed by atoms with Gasteiger partial charge in [0.05, 0.1) is 0 Å². The van der Waals surface area contributed by atoms with E-state index in [9.17, 15) is 13.9 Å². The second-order valence-electron chi connectivity index (χ2n) is 5.17. The Bertz CT molecular complexity index is 433. The van der Waals surface area contributed by atoms with Crippen LogP contribution in [0.2, 0.25) is 0 Å². The smallest absolute Gasteiger partial charge is 0.129 e. The predicted octanol–water partition coefficient (Wildman–Crippen LogP) is 3.32. The summed E-state index contributed by atoms with van der Waals surface area (Å²) < 4.78 is 27.0. The van der Waals surface area contributed by atoms with Crippen LogP contribution in [0.1, 0.15) is 25.8 Å². The standard InChI is InChI=1S/C13H16F2OS/c1-12(2)5-6-17-8-13(12,16)10-7-9(14)3-4-11(10)15/h3-4,7,16H,5-6,8H2,1-2H3. The van der Waals surface area contributed by atoms with Crippen LogP contribution in [0.5, 0.6) is 0 Å². The molecule has 0 aliphatic carbocycles. The first-order valence-electron chi connectivity index (χ1n) is 5.62. The first-order valence-corrected chi connectivity index (χ1v) is 6.78. The number of thioether (sulfide) groups is 1. The van der Waals surface area contributed by atoms with Gasteiger partial charge >= 0.3 is 0 Å². The van der Waals surface area contributed by atoms with Crippen LogP contribution in [0.15, 0.2) is 18.2 Å². The molecule has 0 amide bonds. The monoisotopic (exact) mass is 258 g/mol. The van der Waals surface area contributed by atoms with E-state index in [1.54, 1.807) is 11.8 Å². The second kappa shape index (κ2) is 4.25. The fraction of sp³-hybridized carbons (Fsp3) is 0.538. The highest BCUT2D eigenvalue weighted by Crippen LogP contribution is 2.49. The van der Waals surface area contributed by atoms with Crippen LogP contribution in [0.25, 0.3) is 0 Å². The van der Waals surface area contributed by atoms with Crippen LogP contribution < -0.4 is 0 Å². The Balaban J connectivity index is 2.52. The predicted molar refractivity (Wildman–Crippen MR) is 66.0 cm³/mol. The molecule has 1 aliphatic rings. The number of hydrogen-bond donors (Lipinski definition) is 1. The van der Waals surface area contributed by atoms with Crippen LogP contribution in [0, 0.1) is 17.0 Å². The van der Waals surface area contributed by atoms with Crippen LogP contribution in [-0.2, 0) is 5.60 Å². The van der Waals surface area contributed by atoms with E-state index in [0.29, 0.717) is 5.75 Å². The molecule has 1 aromatic rings. The molecule has 0 bridgehead atoms. The third-order valence-electron chi connectivity index (χ3n) is 3.68. The SMILES string of the molecule is CC1(C)CCSCC1(O)c1cc(F)ccc1F. The number of halogens is 2. The number of benzene rings is 1. The van der Waals surface area contributed by atoms with Crippen molar-refractivity contribution in [1.29, 1.82) is 0 Å². The summed E-state index contributed by atoms with van der Waals surface area (Å²) in [4.78, 5) is 0. The first-order chi connectivity index (χ1) is 7.87. The van der Waals surface area contributed by atoms with E-state index < -0.39 is 22.7 Å². The molecule has 94 valence electrons. The molecule has 1 aliphatic heterocycles. The topological polar surface area (TPSA) is 20.2 Å². The van der Waals surface area contributed by atoms with Gasteiger partial charge in [-0.25, -0.2) is 8.78 Å². The highest BCUT2D eigenvalue weighted by molar-refractivity contribution is 7.99. The zero-order valence-electron chi connectivity index (χ0n) is 9.96. The van der Waals surface area contributed by atoms with Crippen molar-refractivity contribution in [2.24, 2.45) is 5.41 Å². The summed E-state index contributed by atoms with van der Waals surface area (Å²) in [5.41, 5.74) is -1.68. The van der Waals surface area contributed by atoms with Crippen molar-refractivity contribution in [2.75, 3.05) is 11.5 Å². The summed E-state index contributed by atoms with van der Waals surface area (Å²) in [6.45, 7) is 3.80. The van der Waals surface area contributed by atoms with Crippen molar-refractivity contribution in [2.45, 2.75) is 25.9 Å². The molecule has 1 heterocycles. The first kappa shape index (κ1) is 12.8. The van der Waals surface area contributed by atoms with Gasteiger partial charge in [0.2, 0.25) is 0 Å². The van der Waals surface area contributed by atoms with Gasteiger partial charge in [0.1, 0.15) is 17.2 Å². The van der Waals surface area contributed by atoms with Gasteiger partial charge in [0.25, 0.3) is 0 Å². The van der Waals surface area contributed by atoms with Crippen LogP contribution in [0.3, 0.4) is 0 Å². The Labute approximate surface area is 104 Å². The zero-order valence-corrected chi connectivity index (χ0v) is 10.8. The van der Waals surface area contributed by atoms with E-state index >= 15 is 0 Å². The Kier molecular flexibility index (Phi) is 3.21. The zero-order chi connectivity index (χ0) is 12.7. The third kappa shape index (κ3) is 2.08. The molecule has 0 spiro atoms. The number of hydrogen-bond acceptors (Lipinski definition) is 2. The van der Waals surface area contributed by atoms with Crippen molar-refractivity contribution in [3.63, 3.8) is 0 Å². The fourth-order valence-corrected chi connectivity index (χ4v) is 3.85. The van der Waals surface area contributed by atoms with Crippen LogP contribution in [0.4, 0.5) is 8.78 Å². The average molecular weight is 258 g/mol. The van der Waals surface area contributed by atoms with Crippen molar-refractivity contribution in [1.82, 2.24) is 0 Å². The lowest BCUT2D eigenvalue weighted by molar-refractivity contribution is -0.0606. The van der Waals surface area contributed by atoms with Crippen molar-refractivity contribution < 1.29 is 13.9 Å². The molecule has 0 aromatic heterocycles. The van der Waals surface area contributed by atoms with Gasteiger partial charge in [0.15, 0.2) is 0 Å². The molecule has 1 atom stereocenters. The molecule has 0 radical (unpaired) electrons. The van der Waals surface area contributed by atoms with Crippen LogP contribution in [-0.4, -0.2) is 16.6 Å². The van der Waals surface area contributed by atoms with Crippen LogP contribution >= 0.6 is 11.8 Å². The van der Waals surface area contributed by atoms with Gasteiger partial charge in [-0.1, -0.05) is 13.8 Å². The Morgan fingerprint density at radius 2 is 2.00 bits per heavy atom. The van der Waals surface area contributed by atoms with E-state index in [2.05, 4.69) is 0 Å². The maximum Gasteiger partial charge on any atom is 0.129 e.